The number of hydrogen-bond acceptors (Lipinski definition) is 10. The van der Waals surface area contributed by atoms with Crippen LogP contribution in [0.1, 0.15) is 41.3 Å². The van der Waals surface area contributed by atoms with Gasteiger partial charge in [0.15, 0.2) is 28.8 Å². The van der Waals surface area contributed by atoms with E-state index in [2.05, 4.69) is 4.98 Å². The number of ketones is 1. The van der Waals surface area contributed by atoms with E-state index in [4.69, 9.17) is 28.4 Å². The second-order valence-electron chi connectivity index (χ2n) is 14.5. The minimum absolute atomic E-state index is 0.0246. The number of anilines is 2. The number of hydrogen-bond donors (Lipinski definition) is 0. The molecule has 1 aromatic heterocycles. The monoisotopic (exact) mass is 769 g/mol. The summed E-state index contributed by atoms with van der Waals surface area (Å²) in [6.45, 7) is 4.20. The molecule has 7 heterocycles. The fraction of sp³-hybridized carbons (Fsp3) is 0.273. The van der Waals surface area contributed by atoms with Gasteiger partial charge in [0, 0.05) is 47.3 Å². The van der Waals surface area contributed by atoms with Crippen LogP contribution in [0.3, 0.4) is 0 Å². The van der Waals surface area contributed by atoms with Gasteiger partial charge in [0.05, 0.1) is 18.8 Å². The maximum Gasteiger partial charge on any atom is 0.246 e. The van der Waals surface area contributed by atoms with Crippen molar-refractivity contribution in [3.8, 4) is 34.5 Å². The van der Waals surface area contributed by atoms with E-state index in [1.807, 2.05) is 67.6 Å². The van der Waals surface area contributed by atoms with Crippen molar-refractivity contribution in [2.24, 2.45) is 0 Å². The third kappa shape index (κ3) is 5.17. The van der Waals surface area contributed by atoms with Crippen molar-refractivity contribution in [2.75, 3.05) is 56.0 Å². The van der Waals surface area contributed by atoms with Crippen LogP contribution in [0.4, 0.5) is 15.8 Å². The highest BCUT2D eigenvalue weighted by molar-refractivity contribution is 6.14. The Balaban J connectivity index is 0.000000140. The lowest BCUT2D eigenvalue weighted by atomic mass is 9.77. The first-order valence-corrected chi connectivity index (χ1v) is 18.9. The summed E-state index contributed by atoms with van der Waals surface area (Å²) in [5.74, 6) is 3.01. The Kier molecular flexibility index (Phi) is 8.10. The molecule has 0 fully saturated rings. The lowest BCUT2D eigenvalue weighted by Crippen LogP contribution is -2.44. The van der Waals surface area contributed by atoms with Gasteiger partial charge in [0.25, 0.3) is 0 Å². The van der Waals surface area contributed by atoms with Gasteiger partial charge < -0.3 is 38.2 Å². The number of Topliss-reactive ketones (excluding diaryl/α,β-unsaturated/α-hetero) is 1. The minimum Gasteiger partial charge on any atom is -0.491 e. The number of halogens is 1. The van der Waals surface area contributed by atoms with Gasteiger partial charge in [-0.15, -0.1) is 0 Å². The quantitative estimate of drug-likeness (QED) is 0.221. The number of para-hydroxylation sites is 2. The average molecular weight is 770 g/mol. The predicted octanol–water partition coefficient (Wildman–Crippen LogP) is 5.68. The fourth-order valence-corrected chi connectivity index (χ4v) is 8.71. The third-order valence-electron chi connectivity index (χ3n) is 11.5. The molecule has 2 atom stereocenters. The number of fused-ring (bicyclic) bond motifs is 10. The van der Waals surface area contributed by atoms with Gasteiger partial charge >= 0.3 is 0 Å². The summed E-state index contributed by atoms with van der Waals surface area (Å²) in [6, 6.07) is 25.4. The molecule has 2 amide bonds. The third-order valence-corrected chi connectivity index (χ3v) is 11.5. The summed E-state index contributed by atoms with van der Waals surface area (Å²) in [4.78, 5) is 46.9. The van der Waals surface area contributed by atoms with E-state index in [1.165, 1.54) is 18.3 Å². The van der Waals surface area contributed by atoms with Crippen molar-refractivity contribution in [1.29, 1.82) is 0 Å². The van der Waals surface area contributed by atoms with Crippen molar-refractivity contribution in [1.82, 2.24) is 4.98 Å². The van der Waals surface area contributed by atoms with E-state index < -0.39 is 16.6 Å². The summed E-state index contributed by atoms with van der Waals surface area (Å²) in [7, 11) is 0. The molecule has 6 aliphatic rings. The van der Waals surface area contributed by atoms with E-state index in [0.717, 1.165) is 33.6 Å². The first-order chi connectivity index (χ1) is 27.8. The van der Waals surface area contributed by atoms with Crippen LogP contribution in [0.2, 0.25) is 0 Å². The van der Waals surface area contributed by atoms with Crippen molar-refractivity contribution < 1.29 is 47.2 Å². The standard InChI is InChI=1S/C23H17FN2O4.C21H19NO5/c24-16-5-3-7-25-17(16)12-26-18-6-2-1-4-14(18)23(22(26)27)13-30-19-11-21-20(10-15(19)23)28-8-9-29-21;1-2-13(23)11-22-16-6-4-3-5-14(16)21(20(22)24)12-27-17-10-19-18(9-15(17)21)25-7-8-26-19/h1-7,10-11H,8-9,12-13H2;3-6,9-10H,2,7-8,11-12H2,1H3/t23-;21-/m00/s1. The van der Waals surface area contributed by atoms with Gasteiger partial charge in [-0.1, -0.05) is 43.3 Å². The first-order valence-electron chi connectivity index (χ1n) is 18.9. The molecule has 0 N–H and O–H groups in total. The van der Waals surface area contributed by atoms with Crippen LogP contribution in [0, 0.1) is 5.82 Å². The van der Waals surface area contributed by atoms with Crippen LogP contribution >= 0.6 is 0 Å². The molecule has 13 heteroatoms. The highest BCUT2D eigenvalue weighted by Gasteiger charge is 2.59. The second kappa shape index (κ2) is 13.2. The molecular formula is C44H36FN3O9. The van der Waals surface area contributed by atoms with E-state index in [0.29, 0.717) is 67.3 Å². The Morgan fingerprint density at radius 2 is 1.12 bits per heavy atom. The fourth-order valence-electron chi connectivity index (χ4n) is 8.71. The molecule has 2 spiro atoms. The Bertz CT molecular complexity index is 2510. The number of carbonyl (C=O) groups excluding carboxylic acids is 3. The smallest absolute Gasteiger partial charge is 0.246 e. The van der Waals surface area contributed by atoms with E-state index >= 15 is 0 Å². The summed E-state index contributed by atoms with van der Waals surface area (Å²) >= 11 is 0. The predicted molar refractivity (Wildman–Crippen MR) is 203 cm³/mol. The summed E-state index contributed by atoms with van der Waals surface area (Å²) in [6.07, 6.45) is 1.92. The maximum absolute atomic E-state index is 14.3. The number of aromatic nitrogens is 1. The molecule has 6 aliphatic heterocycles. The molecule has 4 aromatic carbocycles. The zero-order valence-corrected chi connectivity index (χ0v) is 30.9. The van der Waals surface area contributed by atoms with Crippen molar-refractivity contribution >= 4 is 29.0 Å². The van der Waals surface area contributed by atoms with E-state index in [1.54, 1.807) is 21.9 Å². The molecule has 0 saturated carbocycles. The Morgan fingerprint density at radius 3 is 1.65 bits per heavy atom. The average Bonchev–Trinajstić information content (AvgIpc) is 3.94. The molecule has 288 valence electrons. The van der Waals surface area contributed by atoms with E-state index in [-0.39, 0.29) is 49.6 Å². The number of pyridine rings is 1. The topological polar surface area (TPSA) is 126 Å². The largest absolute Gasteiger partial charge is 0.491 e. The molecule has 11 rings (SSSR count). The number of nitrogens with zero attached hydrogens (tertiary/aromatic N) is 3. The molecule has 0 aliphatic carbocycles. The van der Waals surface area contributed by atoms with Crippen molar-refractivity contribution in [2.45, 2.75) is 30.7 Å². The Morgan fingerprint density at radius 1 is 0.632 bits per heavy atom. The summed E-state index contributed by atoms with van der Waals surface area (Å²) in [5.41, 5.74) is 3.00. The summed E-state index contributed by atoms with van der Waals surface area (Å²) < 4.78 is 49.0. The molecule has 0 unspecified atom stereocenters. The molecule has 0 bridgehead atoms. The van der Waals surface area contributed by atoms with Crippen molar-refractivity contribution in [3.05, 3.63) is 125 Å². The molecule has 0 radical (unpaired) electrons. The van der Waals surface area contributed by atoms with Gasteiger partial charge in [-0.05, 0) is 47.5 Å². The summed E-state index contributed by atoms with van der Waals surface area (Å²) in [5, 5.41) is 0. The van der Waals surface area contributed by atoms with Gasteiger partial charge in [-0.2, -0.15) is 0 Å². The lowest BCUT2D eigenvalue weighted by Gasteiger charge is -2.24. The Hall–Kier alpha value is -6.63. The first kappa shape index (κ1) is 34.8. The van der Waals surface area contributed by atoms with Crippen LogP contribution in [0.5, 0.6) is 34.5 Å². The molecule has 12 nitrogen and oxygen atoms in total. The van der Waals surface area contributed by atoms with Crippen LogP contribution in [-0.2, 0) is 31.8 Å². The number of benzene rings is 4. The molecule has 0 saturated heterocycles. The maximum atomic E-state index is 14.3. The Labute approximate surface area is 326 Å². The number of carbonyl (C=O) groups is 3. The van der Waals surface area contributed by atoms with Crippen molar-refractivity contribution in [3.63, 3.8) is 0 Å². The van der Waals surface area contributed by atoms with Gasteiger partial charge in [0.2, 0.25) is 11.8 Å². The lowest BCUT2D eigenvalue weighted by molar-refractivity contribution is -0.124. The molecule has 5 aromatic rings. The zero-order chi connectivity index (χ0) is 38.9. The molecular weight excluding hydrogens is 733 g/mol. The highest BCUT2D eigenvalue weighted by atomic mass is 19.1. The van der Waals surface area contributed by atoms with Crippen LogP contribution in [0.25, 0.3) is 0 Å². The van der Waals surface area contributed by atoms with Crippen LogP contribution in [0.15, 0.2) is 91.1 Å². The minimum atomic E-state index is -1.01. The number of ether oxygens (including phenoxy) is 6. The van der Waals surface area contributed by atoms with Gasteiger partial charge in [-0.25, -0.2) is 4.39 Å². The van der Waals surface area contributed by atoms with Gasteiger partial charge in [-0.3, -0.25) is 19.4 Å². The van der Waals surface area contributed by atoms with Crippen LogP contribution < -0.4 is 38.2 Å². The van der Waals surface area contributed by atoms with E-state index in [9.17, 15) is 18.8 Å². The second-order valence-corrected chi connectivity index (χ2v) is 14.5. The number of rotatable bonds is 5. The zero-order valence-electron chi connectivity index (χ0n) is 30.9. The number of amides is 2. The normalized spacial score (nSPS) is 21.3. The molecule has 57 heavy (non-hydrogen) atoms. The SMILES string of the molecule is CCC(=O)CN1C(=O)[C@@]2(COc3cc4c(cc32)OCCO4)c2ccccc21.O=C1N(Cc2ncccc2F)c2ccccc2[C@]12COc1cc3c(cc12)OCCO3. The van der Waals surface area contributed by atoms with Gasteiger partial charge in [0.1, 0.15) is 67.8 Å². The van der Waals surface area contributed by atoms with Crippen LogP contribution in [-0.4, -0.2) is 68.8 Å². The highest BCUT2D eigenvalue weighted by Crippen LogP contribution is 2.56.